The van der Waals surface area contributed by atoms with E-state index in [9.17, 15) is 24.9 Å². The summed E-state index contributed by atoms with van der Waals surface area (Å²) in [5.41, 5.74) is 0.708. The van der Waals surface area contributed by atoms with Crippen LogP contribution in [0.5, 0.6) is 0 Å². The molecule has 9 nitrogen and oxygen atoms in total. The molecule has 2 saturated heterocycles. The number of carboxylic acids is 1. The molecule has 1 unspecified atom stereocenters. The molecule has 0 aromatic rings. The minimum Gasteiger partial charge on any atom is -0.481 e. The van der Waals surface area contributed by atoms with Crippen molar-refractivity contribution in [1.82, 2.24) is 0 Å². The zero-order valence-corrected chi connectivity index (χ0v) is 21.3. The average Bonchev–Trinajstić information content (AvgIpc) is 3.55. The van der Waals surface area contributed by atoms with Gasteiger partial charge in [-0.05, 0) is 39.5 Å². The summed E-state index contributed by atoms with van der Waals surface area (Å²) in [5, 5.41) is 39.5. The van der Waals surface area contributed by atoms with Crippen LogP contribution in [-0.2, 0) is 23.8 Å². The van der Waals surface area contributed by atoms with Crippen LogP contribution < -0.4 is 0 Å². The molecule has 9 heteroatoms. The number of hydrogen-bond donors (Lipinski definition) is 4. The predicted molar refractivity (Wildman–Crippen MR) is 129 cm³/mol. The van der Waals surface area contributed by atoms with Crippen molar-refractivity contribution >= 4 is 11.9 Å². The van der Waals surface area contributed by atoms with Crippen molar-refractivity contribution in [3.05, 3.63) is 11.6 Å². The van der Waals surface area contributed by atoms with Crippen molar-refractivity contribution in [3.63, 3.8) is 0 Å². The Morgan fingerprint density at radius 3 is 2.34 bits per heavy atom. The number of ether oxygens (including phenoxy) is 3. The molecule has 0 aliphatic carbocycles. The van der Waals surface area contributed by atoms with Crippen LogP contribution in [0.15, 0.2) is 11.6 Å². The van der Waals surface area contributed by atoms with Crippen molar-refractivity contribution in [1.29, 1.82) is 0 Å². The summed E-state index contributed by atoms with van der Waals surface area (Å²) in [6, 6.07) is 0. The average molecular weight is 501 g/mol. The van der Waals surface area contributed by atoms with Gasteiger partial charge < -0.3 is 34.6 Å². The first-order valence-corrected chi connectivity index (χ1v) is 13.0. The fraction of sp³-hybridized carbons (Fsp3) is 0.846. The van der Waals surface area contributed by atoms with Gasteiger partial charge in [-0.1, -0.05) is 38.2 Å². The lowest BCUT2D eigenvalue weighted by Crippen LogP contribution is -2.50. The second-order valence-corrected chi connectivity index (χ2v) is 10.2. The third-order valence-electron chi connectivity index (χ3n) is 7.09. The van der Waals surface area contributed by atoms with E-state index in [-0.39, 0.29) is 30.5 Å². The van der Waals surface area contributed by atoms with Gasteiger partial charge >= 0.3 is 11.9 Å². The number of hydrogen-bond acceptors (Lipinski definition) is 8. The van der Waals surface area contributed by atoms with Gasteiger partial charge in [-0.25, -0.2) is 4.79 Å². The molecule has 0 bridgehead atoms. The van der Waals surface area contributed by atoms with Gasteiger partial charge in [-0.3, -0.25) is 4.79 Å². The molecule has 0 spiro atoms. The fourth-order valence-corrected chi connectivity index (χ4v) is 4.59. The Morgan fingerprint density at radius 2 is 1.69 bits per heavy atom. The number of rotatable bonds is 16. The van der Waals surface area contributed by atoms with Crippen molar-refractivity contribution in [2.75, 3.05) is 13.2 Å². The number of unbranched alkanes of at least 4 members (excludes halogenated alkanes) is 5. The summed E-state index contributed by atoms with van der Waals surface area (Å²) >= 11 is 0. The van der Waals surface area contributed by atoms with E-state index in [2.05, 4.69) is 0 Å². The molecule has 0 radical (unpaired) electrons. The summed E-state index contributed by atoms with van der Waals surface area (Å²) in [4.78, 5) is 22.5. The first kappa shape index (κ1) is 29.7. The molecule has 4 N–H and O–H groups in total. The number of epoxide rings is 1. The SMILES string of the molecule is CC(=CC(=O)OCCCCCCCCC(=O)O)C[C@@H]1OCC(C[C@@H]2O[C@H]2[C@@H](C)[C@H](C)O)[C@@H](O)[C@H]1O. The molecule has 202 valence electrons. The summed E-state index contributed by atoms with van der Waals surface area (Å²) in [5.74, 6) is -1.42. The Bertz CT molecular complexity index is 692. The zero-order valence-electron chi connectivity index (χ0n) is 21.3. The second-order valence-electron chi connectivity index (χ2n) is 10.2. The van der Waals surface area contributed by atoms with Crippen LogP contribution in [0, 0.1) is 11.8 Å². The lowest BCUT2D eigenvalue weighted by atomic mass is 9.85. The molecule has 0 saturated carbocycles. The molecule has 0 amide bonds. The fourth-order valence-electron chi connectivity index (χ4n) is 4.59. The molecule has 8 atom stereocenters. The molecule has 35 heavy (non-hydrogen) atoms. The number of carboxylic acid groups (broad SMARTS) is 1. The Labute approximate surface area is 208 Å². The lowest BCUT2D eigenvalue weighted by molar-refractivity contribution is -0.165. The number of aliphatic hydroxyl groups is 3. The molecule has 0 aromatic carbocycles. The Balaban J connectivity index is 1.62. The number of esters is 1. The van der Waals surface area contributed by atoms with Crippen LogP contribution in [0.25, 0.3) is 0 Å². The smallest absolute Gasteiger partial charge is 0.330 e. The van der Waals surface area contributed by atoms with Crippen molar-refractivity contribution in [3.8, 4) is 0 Å². The van der Waals surface area contributed by atoms with E-state index in [4.69, 9.17) is 19.3 Å². The third kappa shape index (κ3) is 10.6. The van der Waals surface area contributed by atoms with Crippen molar-refractivity contribution in [2.24, 2.45) is 11.8 Å². The maximum atomic E-state index is 12.1. The van der Waals surface area contributed by atoms with E-state index >= 15 is 0 Å². The minimum absolute atomic E-state index is 0.0160. The monoisotopic (exact) mass is 500 g/mol. The number of carbonyl (C=O) groups is 2. The summed E-state index contributed by atoms with van der Waals surface area (Å²) in [6.45, 7) is 6.07. The van der Waals surface area contributed by atoms with Gasteiger partial charge in [-0.15, -0.1) is 0 Å². The standard InChI is InChI=1S/C26H44O9/c1-16(13-23(30)33-11-9-7-5-4-6-8-10-22(28)29)12-20-25(32)24(31)19(15-34-20)14-21-26(35-21)17(2)18(3)27/h13,17-21,24-27,31-32H,4-12,14-15H2,1-3H3,(H,28,29)/t17-,18-,19?,20-,21-,24+,25-,26-/m0/s1. The zero-order chi connectivity index (χ0) is 26.0. The first-order valence-electron chi connectivity index (χ1n) is 13.0. The van der Waals surface area contributed by atoms with Crippen LogP contribution in [0.2, 0.25) is 0 Å². The number of aliphatic carboxylic acids is 1. The predicted octanol–water partition coefficient (Wildman–Crippen LogP) is 2.59. The lowest BCUT2D eigenvalue weighted by Gasteiger charge is -2.38. The molecule has 2 aliphatic rings. The van der Waals surface area contributed by atoms with Gasteiger partial charge in [0, 0.05) is 24.3 Å². The van der Waals surface area contributed by atoms with Gasteiger partial charge in [0.1, 0.15) is 6.10 Å². The highest BCUT2D eigenvalue weighted by Crippen LogP contribution is 2.38. The van der Waals surface area contributed by atoms with Crippen LogP contribution in [0.1, 0.15) is 78.6 Å². The van der Waals surface area contributed by atoms with E-state index in [1.165, 1.54) is 6.08 Å². The maximum Gasteiger partial charge on any atom is 0.330 e. The van der Waals surface area contributed by atoms with Crippen LogP contribution in [0.3, 0.4) is 0 Å². The van der Waals surface area contributed by atoms with Gasteiger partial charge in [0.2, 0.25) is 0 Å². The molecule has 2 fully saturated rings. The van der Waals surface area contributed by atoms with Crippen molar-refractivity contribution < 1.29 is 44.2 Å². The second kappa shape index (κ2) is 14.9. The third-order valence-corrected chi connectivity index (χ3v) is 7.09. The van der Waals surface area contributed by atoms with Crippen LogP contribution in [0.4, 0.5) is 0 Å². The van der Waals surface area contributed by atoms with E-state index in [1.807, 2.05) is 6.92 Å². The summed E-state index contributed by atoms with van der Waals surface area (Å²) in [6.07, 6.45) is 4.61. The molecule has 2 rings (SSSR count). The molecule has 2 aliphatic heterocycles. The summed E-state index contributed by atoms with van der Waals surface area (Å²) < 4.78 is 16.7. The largest absolute Gasteiger partial charge is 0.481 e. The highest BCUT2D eigenvalue weighted by molar-refractivity contribution is 5.82. The normalized spacial score (nSPS) is 30.5. The van der Waals surface area contributed by atoms with Crippen LogP contribution in [-0.4, -0.2) is 82.2 Å². The molecular formula is C26H44O9. The van der Waals surface area contributed by atoms with Crippen LogP contribution >= 0.6 is 0 Å². The van der Waals surface area contributed by atoms with Crippen molar-refractivity contribution in [2.45, 2.75) is 115 Å². The number of carbonyl (C=O) groups excluding carboxylic acids is 1. The Morgan fingerprint density at radius 1 is 1.03 bits per heavy atom. The molecule has 2 heterocycles. The highest BCUT2D eigenvalue weighted by Gasteiger charge is 2.48. The van der Waals surface area contributed by atoms with Gasteiger partial charge in [-0.2, -0.15) is 0 Å². The van der Waals surface area contributed by atoms with E-state index < -0.39 is 36.4 Å². The number of aliphatic hydroxyl groups excluding tert-OH is 3. The molecular weight excluding hydrogens is 456 g/mol. The minimum atomic E-state index is -1.06. The first-order chi connectivity index (χ1) is 16.6. The van der Waals surface area contributed by atoms with Gasteiger partial charge in [0.05, 0.1) is 43.7 Å². The maximum absolute atomic E-state index is 12.1. The summed E-state index contributed by atoms with van der Waals surface area (Å²) in [7, 11) is 0. The Kier molecular flexibility index (Phi) is 12.6. The quantitative estimate of drug-likeness (QED) is 0.109. The Hall–Kier alpha value is -1.52. The van der Waals surface area contributed by atoms with E-state index in [0.717, 1.165) is 32.1 Å². The van der Waals surface area contributed by atoms with Gasteiger partial charge in [0.25, 0.3) is 0 Å². The van der Waals surface area contributed by atoms with Gasteiger partial charge in [0.15, 0.2) is 0 Å². The highest BCUT2D eigenvalue weighted by atomic mass is 16.6. The topological polar surface area (TPSA) is 146 Å². The molecule has 0 aromatic heterocycles. The van der Waals surface area contributed by atoms with E-state index in [1.54, 1.807) is 13.8 Å². The van der Waals surface area contributed by atoms with E-state index in [0.29, 0.717) is 38.0 Å².